The highest BCUT2D eigenvalue weighted by Gasteiger charge is 2.39. The fourth-order valence-electron chi connectivity index (χ4n) is 1.23. The zero-order valence-corrected chi connectivity index (χ0v) is 9.32. The summed E-state index contributed by atoms with van der Waals surface area (Å²) in [6, 6.07) is 1.22. The molecule has 0 aromatic heterocycles. The molecule has 17 heavy (non-hydrogen) atoms. The van der Waals surface area contributed by atoms with Crippen molar-refractivity contribution in [2.45, 2.75) is 13.1 Å². The molecule has 0 heterocycles. The predicted molar refractivity (Wildman–Crippen MR) is 52.4 cm³/mol. The third-order valence-corrected chi connectivity index (χ3v) is 2.05. The standard InChI is InChI=1S/C10H7ClF4O2/c1-2-17-9(16)6-3-5(11)4-7(12)8(6)10(13,14)15/h3-4H,2H2,1H3. The lowest BCUT2D eigenvalue weighted by atomic mass is 10.1. The largest absolute Gasteiger partial charge is 0.462 e. The van der Waals surface area contributed by atoms with Gasteiger partial charge in [-0.2, -0.15) is 13.2 Å². The minimum Gasteiger partial charge on any atom is -0.462 e. The molecule has 0 N–H and O–H groups in total. The zero-order chi connectivity index (χ0) is 13.2. The van der Waals surface area contributed by atoms with Crippen molar-refractivity contribution in [3.8, 4) is 0 Å². The molecule has 0 aliphatic carbocycles. The number of esters is 1. The number of carbonyl (C=O) groups is 1. The van der Waals surface area contributed by atoms with Gasteiger partial charge in [0.05, 0.1) is 12.2 Å². The van der Waals surface area contributed by atoms with Crippen molar-refractivity contribution < 1.29 is 27.1 Å². The average molecular weight is 271 g/mol. The second kappa shape index (κ2) is 4.91. The Morgan fingerprint density at radius 1 is 1.41 bits per heavy atom. The van der Waals surface area contributed by atoms with Gasteiger partial charge in [-0.1, -0.05) is 11.6 Å². The smallest absolute Gasteiger partial charge is 0.420 e. The van der Waals surface area contributed by atoms with Gasteiger partial charge in [-0.25, -0.2) is 9.18 Å². The molecule has 94 valence electrons. The number of carbonyl (C=O) groups excluding carboxylic acids is 1. The molecular weight excluding hydrogens is 264 g/mol. The van der Waals surface area contributed by atoms with Crippen LogP contribution in [-0.4, -0.2) is 12.6 Å². The molecule has 1 aromatic rings. The van der Waals surface area contributed by atoms with Crippen molar-refractivity contribution in [3.63, 3.8) is 0 Å². The van der Waals surface area contributed by atoms with Crippen molar-refractivity contribution in [2.75, 3.05) is 6.61 Å². The van der Waals surface area contributed by atoms with Gasteiger partial charge in [0.2, 0.25) is 0 Å². The molecular formula is C10H7ClF4O2. The molecule has 0 atom stereocenters. The Morgan fingerprint density at radius 3 is 2.47 bits per heavy atom. The van der Waals surface area contributed by atoms with Gasteiger partial charge >= 0.3 is 12.1 Å². The lowest BCUT2D eigenvalue weighted by molar-refractivity contribution is -0.140. The van der Waals surface area contributed by atoms with Gasteiger partial charge in [-0.15, -0.1) is 0 Å². The third-order valence-electron chi connectivity index (χ3n) is 1.83. The van der Waals surface area contributed by atoms with Crippen LogP contribution in [0.4, 0.5) is 17.6 Å². The molecule has 0 radical (unpaired) electrons. The molecule has 1 rings (SSSR count). The maximum absolute atomic E-state index is 13.2. The molecule has 0 spiro atoms. The molecule has 2 nitrogen and oxygen atoms in total. The van der Waals surface area contributed by atoms with Crippen LogP contribution in [0.3, 0.4) is 0 Å². The van der Waals surface area contributed by atoms with Gasteiger partial charge < -0.3 is 4.74 Å². The molecule has 0 bridgehead atoms. The van der Waals surface area contributed by atoms with Crippen molar-refractivity contribution in [2.24, 2.45) is 0 Å². The summed E-state index contributed by atoms with van der Waals surface area (Å²) in [7, 11) is 0. The highest BCUT2D eigenvalue weighted by Crippen LogP contribution is 2.35. The minimum atomic E-state index is -4.99. The van der Waals surface area contributed by atoms with Crippen LogP contribution in [0.25, 0.3) is 0 Å². The highest BCUT2D eigenvalue weighted by atomic mass is 35.5. The Kier molecular flexibility index (Phi) is 3.98. The molecule has 0 aliphatic heterocycles. The van der Waals surface area contributed by atoms with E-state index in [1.54, 1.807) is 0 Å². The number of rotatable bonds is 2. The van der Waals surface area contributed by atoms with E-state index in [2.05, 4.69) is 4.74 Å². The summed E-state index contributed by atoms with van der Waals surface area (Å²) >= 11 is 5.40. The van der Waals surface area contributed by atoms with Gasteiger partial charge in [0.25, 0.3) is 0 Å². The van der Waals surface area contributed by atoms with E-state index in [1.165, 1.54) is 6.92 Å². The summed E-state index contributed by atoms with van der Waals surface area (Å²) in [5.41, 5.74) is -2.59. The summed E-state index contributed by atoms with van der Waals surface area (Å²) < 4.78 is 55.3. The fraction of sp³-hybridized carbons (Fsp3) is 0.300. The maximum Gasteiger partial charge on any atom is 0.420 e. The Morgan fingerprint density at radius 2 is 2.00 bits per heavy atom. The van der Waals surface area contributed by atoms with E-state index in [0.29, 0.717) is 6.07 Å². The third kappa shape index (κ3) is 3.09. The molecule has 7 heteroatoms. The van der Waals surface area contributed by atoms with Crippen molar-refractivity contribution in [3.05, 3.63) is 34.1 Å². The molecule has 0 saturated heterocycles. The highest BCUT2D eigenvalue weighted by molar-refractivity contribution is 6.31. The summed E-state index contributed by atoms with van der Waals surface area (Å²) in [4.78, 5) is 11.3. The number of ether oxygens (including phenoxy) is 1. The van der Waals surface area contributed by atoms with Crippen LogP contribution in [0.1, 0.15) is 22.8 Å². The Labute approximate surface area is 99.1 Å². The monoisotopic (exact) mass is 270 g/mol. The number of benzene rings is 1. The SMILES string of the molecule is CCOC(=O)c1cc(Cl)cc(F)c1C(F)(F)F. The Bertz CT molecular complexity index is 443. The predicted octanol–water partition coefficient (Wildman–Crippen LogP) is 3.67. The summed E-state index contributed by atoms with van der Waals surface area (Å²) in [6.45, 7) is 1.30. The average Bonchev–Trinajstić information content (AvgIpc) is 2.14. The number of alkyl halides is 3. The maximum atomic E-state index is 13.2. The van der Waals surface area contributed by atoms with Crippen LogP contribution < -0.4 is 0 Å². The number of hydrogen-bond donors (Lipinski definition) is 0. The normalized spacial score (nSPS) is 11.4. The Balaban J connectivity index is 3.41. The fourth-order valence-corrected chi connectivity index (χ4v) is 1.44. The number of hydrogen-bond acceptors (Lipinski definition) is 2. The van der Waals surface area contributed by atoms with Gasteiger partial charge in [0.1, 0.15) is 11.4 Å². The van der Waals surface area contributed by atoms with Crippen LogP contribution in [0.15, 0.2) is 12.1 Å². The van der Waals surface area contributed by atoms with Crippen LogP contribution in [0.2, 0.25) is 5.02 Å². The van der Waals surface area contributed by atoms with E-state index >= 15 is 0 Å². The lowest BCUT2D eigenvalue weighted by Crippen LogP contribution is -2.17. The summed E-state index contributed by atoms with van der Waals surface area (Å²) in [6.07, 6.45) is -4.99. The van der Waals surface area contributed by atoms with E-state index in [-0.39, 0.29) is 11.6 Å². The van der Waals surface area contributed by atoms with Gasteiger partial charge in [-0.3, -0.25) is 0 Å². The topological polar surface area (TPSA) is 26.3 Å². The van der Waals surface area contributed by atoms with Crippen molar-refractivity contribution in [1.29, 1.82) is 0 Å². The van der Waals surface area contributed by atoms with E-state index in [0.717, 1.165) is 6.07 Å². The number of halogens is 5. The van der Waals surface area contributed by atoms with E-state index < -0.39 is 29.1 Å². The van der Waals surface area contributed by atoms with Crippen molar-refractivity contribution in [1.82, 2.24) is 0 Å². The van der Waals surface area contributed by atoms with Gasteiger partial charge in [0.15, 0.2) is 0 Å². The summed E-state index contributed by atoms with van der Waals surface area (Å²) in [5.74, 6) is -2.87. The summed E-state index contributed by atoms with van der Waals surface area (Å²) in [5, 5.41) is -0.307. The molecule has 0 amide bonds. The molecule has 0 aliphatic rings. The van der Waals surface area contributed by atoms with Crippen LogP contribution >= 0.6 is 11.6 Å². The van der Waals surface area contributed by atoms with E-state index in [9.17, 15) is 22.4 Å². The van der Waals surface area contributed by atoms with Crippen LogP contribution in [-0.2, 0) is 10.9 Å². The van der Waals surface area contributed by atoms with E-state index in [1.807, 2.05) is 0 Å². The first-order chi connectivity index (χ1) is 7.77. The minimum absolute atomic E-state index is 0.121. The van der Waals surface area contributed by atoms with E-state index in [4.69, 9.17) is 11.6 Å². The molecule has 0 fully saturated rings. The first-order valence-electron chi connectivity index (χ1n) is 4.50. The zero-order valence-electron chi connectivity index (χ0n) is 8.57. The van der Waals surface area contributed by atoms with Crippen molar-refractivity contribution >= 4 is 17.6 Å². The first kappa shape index (κ1) is 13.8. The quantitative estimate of drug-likeness (QED) is 0.605. The molecule has 0 saturated carbocycles. The van der Waals surface area contributed by atoms with Crippen LogP contribution in [0, 0.1) is 5.82 Å². The molecule has 0 unspecified atom stereocenters. The second-order valence-electron chi connectivity index (χ2n) is 3.03. The van der Waals surface area contributed by atoms with Gasteiger partial charge in [-0.05, 0) is 19.1 Å². The lowest BCUT2D eigenvalue weighted by Gasteiger charge is -2.13. The van der Waals surface area contributed by atoms with Crippen LogP contribution in [0.5, 0.6) is 0 Å². The second-order valence-corrected chi connectivity index (χ2v) is 3.46. The van der Waals surface area contributed by atoms with Gasteiger partial charge in [0, 0.05) is 5.02 Å². The molecule has 1 aromatic carbocycles. The Hall–Kier alpha value is -1.30. The first-order valence-corrected chi connectivity index (χ1v) is 4.88.